The molecular formula is C14H23NOS. The first-order valence-electron chi connectivity index (χ1n) is 7.09. The summed E-state index contributed by atoms with van der Waals surface area (Å²) in [5.41, 5.74) is 0.460. The van der Waals surface area contributed by atoms with Crippen molar-refractivity contribution in [3.63, 3.8) is 0 Å². The van der Waals surface area contributed by atoms with Gasteiger partial charge in [0, 0.05) is 13.0 Å². The Labute approximate surface area is 109 Å². The molecule has 0 atom stereocenters. The molecule has 1 N–H and O–H groups in total. The number of rotatable bonds is 3. The van der Waals surface area contributed by atoms with Gasteiger partial charge in [-0.05, 0) is 68.6 Å². The van der Waals surface area contributed by atoms with Crippen molar-refractivity contribution < 1.29 is 5.21 Å². The van der Waals surface area contributed by atoms with E-state index in [0.717, 1.165) is 29.2 Å². The molecule has 4 rings (SSSR count). The van der Waals surface area contributed by atoms with Gasteiger partial charge in [-0.25, -0.2) is 0 Å². The van der Waals surface area contributed by atoms with Crippen LogP contribution in [-0.2, 0) is 0 Å². The first-order valence-corrected chi connectivity index (χ1v) is 7.50. The molecule has 0 aromatic heterocycles. The molecule has 0 unspecified atom stereocenters. The van der Waals surface area contributed by atoms with E-state index in [1.165, 1.54) is 43.6 Å². The molecule has 0 aromatic rings. The number of nitrogens with zero attached hydrogens (tertiary/aromatic N) is 1. The smallest absolute Gasteiger partial charge is 0.104 e. The molecule has 0 amide bonds. The predicted octanol–water partition coefficient (Wildman–Crippen LogP) is 3.63. The van der Waals surface area contributed by atoms with Crippen molar-refractivity contribution >= 4 is 17.2 Å². The van der Waals surface area contributed by atoms with Gasteiger partial charge in [0.1, 0.15) is 4.99 Å². The Balaban J connectivity index is 1.72. The molecule has 0 spiro atoms. The van der Waals surface area contributed by atoms with Gasteiger partial charge >= 0.3 is 0 Å². The predicted molar refractivity (Wildman–Crippen MR) is 72.0 cm³/mol. The molecule has 0 aliphatic heterocycles. The lowest BCUT2D eigenvalue weighted by atomic mass is 9.49. The first-order chi connectivity index (χ1) is 8.10. The van der Waals surface area contributed by atoms with Crippen LogP contribution in [-0.4, -0.2) is 21.8 Å². The maximum absolute atomic E-state index is 9.72. The lowest BCUT2D eigenvalue weighted by Crippen LogP contribution is -2.47. The lowest BCUT2D eigenvalue weighted by molar-refractivity contribution is -0.0577. The summed E-state index contributed by atoms with van der Waals surface area (Å²) >= 11 is 5.39. The second kappa shape index (κ2) is 4.20. The van der Waals surface area contributed by atoms with Crippen molar-refractivity contribution in [1.82, 2.24) is 5.06 Å². The van der Waals surface area contributed by atoms with E-state index in [-0.39, 0.29) is 0 Å². The van der Waals surface area contributed by atoms with E-state index in [4.69, 9.17) is 12.2 Å². The standard InChI is InChI=1S/C14H23NOS/c1-2-15(16)13(17)9-14-6-10-3-11(7-14)5-12(4-10)8-14/h10-12,16H,2-9H2,1H3. The highest BCUT2D eigenvalue weighted by Crippen LogP contribution is 2.61. The summed E-state index contributed by atoms with van der Waals surface area (Å²) in [5.74, 6) is 2.91. The Morgan fingerprint density at radius 2 is 1.65 bits per heavy atom. The fourth-order valence-electron chi connectivity index (χ4n) is 5.09. The summed E-state index contributed by atoms with van der Waals surface area (Å²) < 4.78 is 0. The second-order valence-corrected chi connectivity index (χ2v) is 7.18. The fourth-order valence-corrected chi connectivity index (χ4v) is 5.53. The van der Waals surface area contributed by atoms with Crippen LogP contribution >= 0.6 is 12.2 Å². The highest BCUT2D eigenvalue weighted by Gasteiger charge is 2.51. The van der Waals surface area contributed by atoms with Crippen molar-refractivity contribution in [1.29, 1.82) is 0 Å². The van der Waals surface area contributed by atoms with Crippen LogP contribution in [0.2, 0.25) is 0 Å². The van der Waals surface area contributed by atoms with Crippen molar-refractivity contribution in [2.24, 2.45) is 23.2 Å². The van der Waals surface area contributed by atoms with Crippen molar-refractivity contribution in [3.05, 3.63) is 0 Å². The number of hydrogen-bond donors (Lipinski definition) is 1. The molecule has 4 aliphatic carbocycles. The largest absolute Gasteiger partial charge is 0.288 e. The van der Waals surface area contributed by atoms with E-state index in [1.54, 1.807) is 0 Å². The highest BCUT2D eigenvalue weighted by atomic mass is 32.1. The maximum Gasteiger partial charge on any atom is 0.104 e. The first kappa shape index (κ1) is 11.9. The zero-order valence-electron chi connectivity index (χ0n) is 10.7. The topological polar surface area (TPSA) is 23.5 Å². The molecular weight excluding hydrogens is 230 g/mol. The molecule has 0 radical (unpaired) electrons. The SMILES string of the molecule is CCN(O)C(=S)CC12CC3CC(CC(C3)C1)C2. The van der Waals surface area contributed by atoms with Crippen LogP contribution in [0.5, 0.6) is 0 Å². The van der Waals surface area contributed by atoms with Crippen LogP contribution in [0, 0.1) is 23.2 Å². The van der Waals surface area contributed by atoms with Gasteiger partial charge in [-0.2, -0.15) is 0 Å². The minimum absolute atomic E-state index is 0.460. The van der Waals surface area contributed by atoms with E-state index in [0.29, 0.717) is 12.0 Å². The average Bonchev–Trinajstić information content (AvgIpc) is 2.25. The molecule has 4 saturated carbocycles. The molecule has 96 valence electrons. The Hall–Kier alpha value is -0.150. The minimum Gasteiger partial charge on any atom is -0.288 e. The molecule has 3 heteroatoms. The Morgan fingerprint density at radius 1 is 1.18 bits per heavy atom. The van der Waals surface area contributed by atoms with Crippen molar-refractivity contribution in [2.45, 2.75) is 51.9 Å². The number of hydrogen-bond acceptors (Lipinski definition) is 2. The van der Waals surface area contributed by atoms with E-state index in [9.17, 15) is 5.21 Å². The summed E-state index contributed by atoms with van der Waals surface area (Å²) in [6, 6.07) is 0. The molecule has 2 nitrogen and oxygen atoms in total. The molecule has 0 saturated heterocycles. The molecule has 4 bridgehead atoms. The van der Waals surface area contributed by atoms with Gasteiger partial charge in [0.25, 0.3) is 0 Å². The van der Waals surface area contributed by atoms with E-state index >= 15 is 0 Å². The van der Waals surface area contributed by atoms with Crippen LogP contribution in [0.3, 0.4) is 0 Å². The number of thiocarbonyl (C=S) groups is 1. The van der Waals surface area contributed by atoms with Crippen LogP contribution in [0.1, 0.15) is 51.9 Å². The van der Waals surface area contributed by atoms with Crippen LogP contribution in [0.25, 0.3) is 0 Å². The van der Waals surface area contributed by atoms with Crippen LogP contribution in [0.4, 0.5) is 0 Å². The van der Waals surface area contributed by atoms with Crippen LogP contribution in [0.15, 0.2) is 0 Å². The third-order valence-corrected chi connectivity index (χ3v) is 5.63. The van der Waals surface area contributed by atoms with Crippen molar-refractivity contribution in [3.8, 4) is 0 Å². The highest BCUT2D eigenvalue weighted by molar-refractivity contribution is 7.80. The summed E-state index contributed by atoms with van der Waals surface area (Å²) in [4.78, 5) is 0.773. The maximum atomic E-state index is 9.72. The Bertz CT molecular complexity index is 293. The van der Waals surface area contributed by atoms with Gasteiger partial charge in [0.2, 0.25) is 0 Å². The zero-order chi connectivity index (χ0) is 12.0. The minimum atomic E-state index is 0.460. The third kappa shape index (κ3) is 2.12. The summed E-state index contributed by atoms with van der Waals surface area (Å²) in [6.07, 6.45) is 9.49. The quantitative estimate of drug-likeness (QED) is 0.613. The normalized spacial score (nSPS) is 42.8. The molecule has 0 aromatic carbocycles. The summed E-state index contributed by atoms with van der Waals surface area (Å²) in [7, 11) is 0. The molecule has 0 heterocycles. The van der Waals surface area contributed by atoms with Crippen LogP contribution < -0.4 is 0 Å². The van der Waals surface area contributed by atoms with Gasteiger partial charge in [0.15, 0.2) is 0 Å². The summed E-state index contributed by atoms with van der Waals surface area (Å²) in [6.45, 7) is 2.57. The van der Waals surface area contributed by atoms with E-state index in [1.807, 2.05) is 6.92 Å². The Morgan fingerprint density at radius 3 is 2.06 bits per heavy atom. The van der Waals surface area contributed by atoms with Gasteiger partial charge < -0.3 is 0 Å². The third-order valence-electron chi connectivity index (χ3n) is 5.28. The van der Waals surface area contributed by atoms with Gasteiger partial charge in [-0.1, -0.05) is 12.2 Å². The van der Waals surface area contributed by atoms with Gasteiger partial charge in [-0.15, -0.1) is 0 Å². The molecule has 17 heavy (non-hydrogen) atoms. The summed E-state index contributed by atoms with van der Waals surface area (Å²) in [5, 5.41) is 11.0. The fraction of sp³-hybridized carbons (Fsp3) is 0.929. The molecule has 4 fully saturated rings. The van der Waals surface area contributed by atoms with E-state index in [2.05, 4.69) is 0 Å². The number of hydroxylamine groups is 2. The lowest BCUT2D eigenvalue weighted by Gasteiger charge is -2.57. The van der Waals surface area contributed by atoms with E-state index < -0.39 is 0 Å². The Kier molecular flexibility index (Phi) is 2.94. The monoisotopic (exact) mass is 253 g/mol. The van der Waals surface area contributed by atoms with Crippen molar-refractivity contribution in [2.75, 3.05) is 6.54 Å². The second-order valence-electron chi connectivity index (χ2n) is 6.70. The zero-order valence-corrected chi connectivity index (χ0v) is 11.5. The van der Waals surface area contributed by atoms with Gasteiger partial charge in [-0.3, -0.25) is 10.3 Å². The van der Waals surface area contributed by atoms with Gasteiger partial charge in [0.05, 0.1) is 0 Å². The molecule has 4 aliphatic rings. The average molecular weight is 253 g/mol.